The number of hydrogen-bond acceptors (Lipinski definition) is 2. The molecule has 1 aliphatic heterocycles. The summed E-state index contributed by atoms with van der Waals surface area (Å²) in [6.07, 6.45) is 8.72. The van der Waals surface area contributed by atoms with Gasteiger partial charge in [-0.05, 0) is 132 Å². The summed E-state index contributed by atoms with van der Waals surface area (Å²) in [5.41, 5.74) is 17.4. The lowest BCUT2D eigenvalue weighted by atomic mass is 9.87. The van der Waals surface area contributed by atoms with Gasteiger partial charge in [-0.3, -0.25) is 0 Å². The maximum Gasteiger partial charge on any atom is 0.134 e. The monoisotopic (exact) mass is 1010 g/mol. The van der Waals surface area contributed by atoms with E-state index in [-0.39, 0.29) is 12.0 Å². The van der Waals surface area contributed by atoms with Gasteiger partial charge in [-0.15, -0.1) is 0 Å². The van der Waals surface area contributed by atoms with Crippen molar-refractivity contribution in [3.05, 3.63) is 297 Å². The summed E-state index contributed by atoms with van der Waals surface area (Å²) in [4.78, 5) is 2.50. The van der Waals surface area contributed by atoms with Gasteiger partial charge in [0.25, 0.3) is 0 Å². The van der Waals surface area contributed by atoms with Crippen LogP contribution in [0.2, 0.25) is 0 Å². The van der Waals surface area contributed by atoms with Crippen LogP contribution in [0.4, 0.5) is 17.1 Å². The van der Waals surface area contributed by atoms with Crippen LogP contribution in [0.25, 0.3) is 115 Å². The second-order valence-electron chi connectivity index (χ2n) is 21.0. The minimum atomic E-state index is -0.132. The molecule has 2 atom stereocenters. The van der Waals surface area contributed by atoms with Crippen LogP contribution in [-0.2, 0) is 0 Å². The Bertz CT molecular complexity index is 4820. The first kappa shape index (κ1) is 45.0. The summed E-state index contributed by atoms with van der Waals surface area (Å²) in [6.45, 7) is 0. The summed E-state index contributed by atoms with van der Waals surface area (Å²) < 4.78 is 9.64. The quantitative estimate of drug-likeness (QED) is 0.151. The first-order valence-corrected chi connectivity index (χ1v) is 27.4. The standard InChI is InChI=1S/C76H50N2O/c1-2-19-55-48-56(39-38-49(55)16-1)52-36-34-50(35-37-52)51-40-42-57(43-41-51)77(72-47-45-65(60-28-13-20-53-17-3-5-22-58(53)60)76-75(72)67-27-10-12-33-73(67)79-76)70-46-44-62(61-24-7-8-25-63(61)70)64-29-15-32-71-74(64)66-26-9-11-30-69(66)78(71)68-31-14-21-54-18-4-6-23-59(54)68/h1-48,67,73H. The van der Waals surface area contributed by atoms with Crippen molar-refractivity contribution in [2.24, 2.45) is 0 Å². The third-order valence-electron chi connectivity index (χ3n) is 16.7. The van der Waals surface area contributed by atoms with Crippen molar-refractivity contribution in [2.45, 2.75) is 12.0 Å². The molecule has 2 heterocycles. The fourth-order valence-corrected chi connectivity index (χ4v) is 13.1. The Morgan fingerprint density at radius 2 is 0.886 bits per heavy atom. The van der Waals surface area contributed by atoms with Gasteiger partial charge < -0.3 is 14.2 Å². The third-order valence-corrected chi connectivity index (χ3v) is 16.7. The molecule has 16 rings (SSSR count). The van der Waals surface area contributed by atoms with Crippen LogP contribution < -0.4 is 9.64 Å². The predicted octanol–water partition coefficient (Wildman–Crippen LogP) is 20.5. The van der Waals surface area contributed by atoms with Gasteiger partial charge in [0.1, 0.15) is 11.9 Å². The number of hydrogen-bond donors (Lipinski definition) is 0. The van der Waals surface area contributed by atoms with E-state index in [0.29, 0.717) is 0 Å². The number of fused-ring (bicyclic) bond motifs is 10. The van der Waals surface area contributed by atoms with Crippen molar-refractivity contribution in [3.63, 3.8) is 0 Å². The summed E-state index contributed by atoms with van der Waals surface area (Å²) in [5.74, 6) is 0.943. The van der Waals surface area contributed by atoms with E-state index >= 15 is 0 Å². The fourth-order valence-electron chi connectivity index (χ4n) is 13.1. The highest BCUT2D eigenvalue weighted by atomic mass is 16.5. The van der Waals surface area contributed by atoms with Gasteiger partial charge in [-0.1, -0.05) is 231 Å². The molecule has 1 aliphatic carbocycles. The molecule has 13 aromatic carbocycles. The molecule has 1 aromatic heterocycles. The highest BCUT2D eigenvalue weighted by Crippen LogP contribution is 2.55. The maximum atomic E-state index is 7.18. The highest BCUT2D eigenvalue weighted by Gasteiger charge is 2.38. The van der Waals surface area contributed by atoms with Crippen LogP contribution >= 0.6 is 0 Å². The number of nitrogens with zero attached hydrogens (tertiary/aromatic N) is 2. The van der Waals surface area contributed by atoms with Gasteiger partial charge in [0.15, 0.2) is 0 Å². The van der Waals surface area contributed by atoms with E-state index < -0.39 is 0 Å². The molecule has 0 radical (unpaired) electrons. The molecule has 79 heavy (non-hydrogen) atoms. The zero-order chi connectivity index (χ0) is 52.0. The van der Waals surface area contributed by atoms with Gasteiger partial charge in [0.2, 0.25) is 0 Å². The van der Waals surface area contributed by atoms with Gasteiger partial charge >= 0.3 is 0 Å². The van der Waals surface area contributed by atoms with E-state index in [1.807, 2.05) is 0 Å². The molecule has 3 heteroatoms. The van der Waals surface area contributed by atoms with Crippen molar-refractivity contribution in [3.8, 4) is 55.9 Å². The molecule has 3 nitrogen and oxygen atoms in total. The van der Waals surface area contributed by atoms with Crippen LogP contribution in [0.1, 0.15) is 11.5 Å². The van der Waals surface area contributed by atoms with Crippen LogP contribution in [0, 0.1) is 0 Å². The lowest BCUT2D eigenvalue weighted by Gasteiger charge is -2.30. The average molecular weight is 1010 g/mol. The maximum absolute atomic E-state index is 7.18. The second kappa shape index (κ2) is 18.2. The minimum Gasteiger partial charge on any atom is -0.484 e. The molecule has 2 aliphatic rings. The zero-order valence-electron chi connectivity index (χ0n) is 43.2. The highest BCUT2D eigenvalue weighted by molar-refractivity contribution is 6.20. The molecule has 0 bridgehead atoms. The number of anilines is 3. The molecule has 14 aromatic rings. The van der Waals surface area contributed by atoms with Gasteiger partial charge in [-0.25, -0.2) is 0 Å². The lowest BCUT2D eigenvalue weighted by Crippen LogP contribution is -2.17. The van der Waals surface area contributed by atoms with Crippen LogP contribution in [0.3, 0.4) is 0 Å². The van der Waals surface area contributed by atoms with E-state index in [2.05, 4.69) is 301 Å². The van der Waals surface area contributed by atoms with Crippen molar-refractivity contribution in [2.75, 3.05) is 4.90 Å². The minimum absolute atomic E-state index is 0.00927. The van der Waals surface area contributed by atoms with Crippen molar-refractivity contribution < 1.29 is 4.74 Å². The fraction of sp³-hybridized carbons (Fsp3) is 0.0263. The van der Waals surface area contributed by atoms with Crippen molar-refractivity contribution >= 4 is 82.0 Å². The Morgan fingerprint density at radius 1 is 0.342 bits per heavy atom. The Balaban J connectivity index is 0.884. The van der Waals surface area contributed by atoms with E-state index in [4.69, 9.17) is 4.74 Å². The number of benzene rings is 13. The lowest BCUT2D eigenvalue weighted by molar-refractivity contribution is 0.270. The molecule has 0 fully saturated rings. The molecule has 0 saturated carbocycles. The Kier molecular flexibility index (Phi) is 10.4. The first-order chi connectivity index (χ1) is 39.2. The smallest absolute Gasteiger partial charge is 0.134 e. The normalized spacial score (nSPS) is 14.6. The summed E-state index contributed by atoms with van der Waals surface area (Å²) in [6, 6.07) is 98.2. The van der Waals surface area contributed by atoms with E-state index in [9.17, 15) is 0 Å². The van der Waals surface area contributed by atoms with E-state index in [1.165, 1.54) is 104 Å². The largest absolute Gasteiger partial charge is 0.484 e. The Hall–Kier alpha value is -10.2. The summed E-state index contributed by atoms with van der Waals surface area (Å²) in [5, 5.41) is 12.2. The first-order valence-electron chi connectivity index (χ1n) is 27.4. The van der Waals surface area contributed by atoms with Crippen molar-refractivity contribution in [1.82, 2.24) is 4.57 Å². The molecule has 0 amide bonds. The molecule has 0 spiro atoms. The number of rotatable bonds is 8. The predicted molar refractivity (Wildman–Crippen MR) is 333 cm³/mol. The molecule has 0 N–H and O–H groups in total. The van der Waals surface area contributed by atoms with Gasteiger partial charge in [0.05, 0.1) is 28.1 Å². The number of aromatic nitrogens is 1. The molecule has 2 unspecified atom stereocenters. The van der Waals surface area contributed by atoms with Gasteiger partial charge in [-0.2, -0.15) is 0 Å². The third kappa shape index (κ3) is 7.28. The van der Waals surface area contributed by atoms with Gasteiger partial charge in [0, 0.05) is 44.3 Å². The number of ether oxygens (including phenoxy) is 1. The number of allylic oxidation sites excluding steroid dienone is 2. The average Bonchev–Trinajstić information content (AvgIpc) is 4.21. The SMILES string of the molecule is C1=CC2Oc3c(-c4cccc5ccccc45)ccc(N(c4ccc(-c5ccc(-c6ccc7ccccc7c6)cc5)cc4)c4ccc(-c5cccc6c5c5ccccc5n6-c5cccc6ccccc56)c5ccccc45)c3C2C=C1. The molecular formula is C76H50N2O. The molecule has 0 saturated heterocycles. The summed E-state index contributed by atoms with van der Waals surface area (Å²) >= 11 is 0. The van der Waals surface area contributed by atoms with E-state index in [0.717, 1.165) is 39.3 Å². The summed E-state index contributed by atoms with van der Waals surface area (Å²) in [7, 11) is 0. The van der Waals surface area contributed by atoms with Crippen LogP contribution in [0.5, 0.6) is 5.75 Å². The Labute approximate surface area is 458 Å². The van der Waals surface area contributed by atoms with Crippen molar-refractivity contribution in [1.29, 1.82) is 0 Å². The van der Waals surface area contributed by atoms with Crippen LogP contribution in [-0.4, -0.2) is 10.7 Å². The second-order valence-corrected chi connectivity index (χ2v) is 21.0. The Morgan fingerprint density at radius 3 is 1.70 bits per heavy atom. The van der Waals surface area contributed by atoms with E-state index in [1.54, 1.807) is 0 Å². The molecule has 370 valence electrons. The zero-order valence-corrected chi connectivity index (χ0v) is 43.2. The topological polar surface area (TPSA) is 17.4 Å². The van der Waals surface area contributed by atoms with Crippen LogP contribution in [0.15, 0.2) is 291 Å². The number of para-hydroxylation sites is 1. The molecular weight excluding hydrogens is 957 g/mol.